The number of ether oxygens (including phenoxy) is 1. The van der Waals surface area contributed by atoms with E-state index in [0.29, 0.717) is 18.5 Å². The topological polar surface area (TPSA) is 62.9 Å². The first-order valence-electron chi connectivity index (χ1n) is 8.10. The van der Waals surface area contributed by atoms with Crippen LogP contribution in [-0.4, -0.2) is 50.3 Å². The summed E-state index contributed by atoms with van der Waals surface area (Å²) in [5.74, 6) is 0.517. The monoisotopic (exact) mass is 326 g/mol. The largest absolute Gasteiger partial charge is 0.382 e. The highest BCUT2D eigenvalue weighted by Crippen LogP contribution is 2.23. The smallest absolute Gasteiger partial charge is 0.188 e. The van der Waals surface area contributed by atoms with Crippen LogP contribution in [0.4, 0.5) is 0 Å². The van der Waals surface area contributed by atoms with Crippen molar-refractivity contribution in [3.8, 4) is 0 Å². The van der Waals surface area contributed by atoms with Crippen molar-refractivity contribution in [2.75, 3.05) is 39.4 Å². The molecule has 0 saturated carbocycles. The second-order valence-corrected chi connectivity index (χ2v) is 5.78. The van der Waals surface area contributed by atoms with Crippen LogP contribution in [0.25, 0.3) is 0 Å². The van der Waals surface area contributed by atoms with E-state index in [1.54, 1.807) is 11.3 Å². The van der Waals surface area contributed by atoms with Crippen LogP contribution in [0, 0.1) is 0 Å². The first-order valence-corrected chi connectivity index (χ1v) is 9.04. The molecule has 0 saturated heterocycles. The molecule has 126 valence electrons. The molecule has 0 aromatic carbocycles. The molecule has 22 heavy (non-hydrogen) atoms. The van der Waals surface area contributed by atoms with Crippen LogP contribution in [0.15, 0.2) is 21.8 Å². The van der Waals surface area contributed by atoms with Gasteiger partial charge in [0.1, 0.15) is 0 Å². The normalized spacial score (nSPS) is 13.5. The molecular weight excluding hydrogens is 296 g/mol. The molecule has 1 heterocycles. The average molecular weight is 327 g/mol. The Labute approximate surface area is 138 Å². The van der Waals surface area contributed by atoms with Crippen LogP contribution in [0.3, 0.4) is 0 Å². The second kappa shape index (κ2) is 11.5. The van der Waals surface area contributed by atoms with E-state index in [1.165, 1.54) is 5.56 Å². The fraction of sp³-hybridized carbons (Fsp3) is 0.688. The lowest BCUT2D eigenvalue weighted by Gasteiger charge is -2.28. The summed E-state index contributed by atoms with van der Waals surface area (Å²) in [5.41, 5.74) is 7.28. The van der Waals surface area contributed by atoms with Crippen LogP contribution in [0.5, 0.6) is 0 Å². The van der Waals surface area contributed by atoms with Gasteiger partial charge in [-0.2, -0.15) is 11.3 Å². The molecule has 1 rings (SSSR count). The van der Waals surface area contributed by atoms with E-state index in [-0.39, 0.29) is 0 Å². The van der Waals surface area contributed by atoms with E-state index in [9.17, 15) is 0 Å². The number of thiophene rings is 1. The molecule has 1 unspecified atom stereocenters. The molecular formula is C16H30N4OS. The number of guanidine groups is 1. The molecule has 0 bridgehead atoms. The van der Waals surface area contributed by atoms with Gasteiger partial charge in [0.05, 0.1) is 12.6 Å². The second-order valence-electron chi connectivity index (χ2n) is 5.00. The quantitative estimate of drug-likeness (QED) is 0.372. The highest BCUT2D eigenvalue weighted by Gasteiger charge is 2.17. The first kappa shape index (κ1) is 18.9. The summed E-state index contributed by atoms with van der Waals surface area (Å²) < 4.78 is 5.30. The van der Waals surface area contributed by atoms with Crippen molar-refractivity contribution in [3.05, 3.63) is 22.4 Å². The third kappa shape index (κ3) is 6.77. The number of aliphatic imine (C=N–C) groups is 1. The third-order valence-corrected chi connectivity index (χ3v) is 4.29. The number of likely N-dealkylation sites (N-methyl/N-ethyl adjacent to an activating group) is 1. The van der Waals surface area contributed by atoms with E-state index >= 15 is 0 Å². The summed E-state index contributed by atoms with van der Waals surface area (Å²) in [7, 11) is 0. The van der Waals surface area contributed by atoms with Gasteiger partial charge < -0.3 is 15.8 Å². The van der Waals surface area contributed by atoms with Crippen molar-refractivity contribution in [3.63, 3.8) is 0 Å². The fourth-order valence-corrected chi connectivity index (χ4v) is 3.04. The van der Waals surface area contributed by atoms with Crippen molar-refractivity contribution in [2.24, 2.45) is 10.7 Å². The number of hydrogen-bond donors (Lipinski definition) is 2. The van der Waals surface area contributed by atoms with Crippen LogP contribution in [0.2, 0.25) is 0 Å². The van der Waals surface area contributed by atoms with Crippen molar-refractivity contribution in [2.45, 2.75) is 33.2 Å². The van der Waals surface area contributed by atoms with Gasteiger partial charge in [0.25, 0.3) is 0 Å². The molecule has 0 amide bonds. The number of nitrogens with one attached hydrogen (secondary N) is 1. The van der Waals surface area contributed by atoms with E-state index in [4.69, 9.17) is 10.5 Å². The van der Waals surface area contributed by atoms with Gasteiger partial charge in [-0.1, -0.05) is 13.8 Å². The number of nitrogens with two attached hydrogens (primary N) is 1. The number of rotatable bonds is 11. The molecule has 1 aromatic rings. The fourth-order valence-electron chi connectivity index (χ4n) is 2.34. The molecule has 0 radical (unpaired) electrons. The van der Waals surface area contributed by atoms with E-state index in [1.807, 2.05) is 6.92 Å². The molecule has 0 aliphatic rings. The number of nitrogens with zero attached hydrogens (tertiary/aromatic N) is 2. The SMILES string of the molecule is CCOCCCNC(N)=NCC(c1ccsc1)N(CC)CC. The highest BCUT2D eigenvalue weighted by molar-refractivity contribution is 7.07. The minimum Gasteiger partial charge on any atom is -0.382 e. The predicted octanol–water partition coefficient (Wildman–Crippen LogP) is 2.46. The summed E-state index contributed by atoms with van der Waals surface area (Å²) in [6.45, 7) is 11.4. The van der Waals surface area contributed by atoms with Gasteiger partial charge in [0, 0.05) is 19.8 Å². The summed E-state index contributed by atoms with van der Waals surface area (Å²) in [4.78, 5) is 6.93. The molecule has 3 N–H and O–H groups in total. The maximum Gasteiger partial charge on any atom is 0.188 e. The van der Waals surface area contributed by atoms with Crippen molar-refractivity contribution < 1.29 is 4.74 Å². The average Bonchev–Trinajstić information content (AvgIpc) is 3.05. The Morgan fingerprint density at radius 2 is 2.18 bits per heavy atom. The highest BCUT2D eigenvalue weighted by atomic mass is 32.1. The summed E-state index contributed by atoms with van der Waals surface area (Å²) >= 11 is 1.73. The molecule has 0 spiro atoms. The third-order valence-electron chi connectivity index (χ3n) is 3.59. The van der Waals surface area contributed by atoms with Crippen LogP contribution in [0.1, 0.15) is 38.8 Å². The van der Waals surface area contributed by atoms with Gasteiger partial charge >= 0.3 is 0 Å². The van der Waals surface area contributed by atoms with Gasteiger partial charge in [0.2, 0.25) is 0 Å². The van der Waals surface area contributed by atoms with Gasteiger partial charge in [-0.15, -0.1) is 0 Å². The van der Waals surface area contributed by atoms with Crippen LogP contribution in [-0.2, 0) is 4.74 Å². The maximum absolute atomic E-state index is 5.96. The summed E-state index contributed by atoms with van der Waals surface area (Å²) in [6.07, 6.45) is 0.939. The Morgan fingerprint density at radius 1 is 1.41 bits per heavy atom. The lowest BCUT2D eigenvalue weighted by Crippen LogP contribution is -2.35. The molecule has 6 heteroatoms. The summed E-state index contributed by atoms with van der Waals surface area (Å²) in [6, 6.07) is 2.47. The minimum absolute atomic E-state index is 0.296. The Balaban J connectivity index is 2.49. The van der Waals surface area contributed by atoms with Crippen LogP contribution < -0.4 is 11.1 Å². The molecule has 0 fully saturated rings. The molecule has 1 aromatic heterocycles. The van der Waals surface area contributed by atoms with Gasteiger partial charge in [-0.25, -0.2) is 0 Å². The Bertz CT molecular complexity index is 404. The first-order chi connectivity index (χ1) is 10.7. The number of hydrogen-bond acceptors (Lipinski definition) is 4. The van der Waals surface area contributed by atoms with E-state index in [0.717, 1.165) is 39.3 Å². The molecule has 0 aliphatic carbocycles. The Hall–Kier alpha value is -1.11. The molecule has 5 nitrogen and oxygen atoms in total. The standard InChI is InChI=1S/C16H30N4OS/c1-4-20(5-2)15(14-8-11-22-13-14)12-19-16(17)18-9-7-10-21-6-3/h8,11,13,15H,4-7,9-10,12H2,1-3H3,(H3,17,18,19). The zero-order chi connectivity index (χ0) is 16.2. The van der Waals surface area contributed by atoms with Gasteiger partial charge in [-0.3, -0.25) is 9.89 Å². The molecule has 0 aliphatic heterocycles. The molecule has 1 atom stereocenters. The predicted molar refractivity (Wildman–Crippen MR) is 95.6 cm³/mol. The zero-order valence-corrected chi connectivity index (χ0v) is 14.9. The van der Waals surface area contributed by atoms with Gasteiger partial charge in [0.15, 0.2) is 5.96 Å². The maximum atomic E-state index is 5.96. The van der Waals surface area contributed by atoms with Crippen molar-refractivity contribution in [1.82, 2.24) is 10.2 Å². The minimum atomic E-state index is 0.296. The summed E-state index contributed by atoms with van der Waals surface area (Å²) in [5, 5.41) is 7.46. The van der Waals surface area contributed by atoms with E-state index < -0.39 is 0 Å². The zero-order valence-electron chi connectivity index (χ0n) is 14.0. The van der Waals surface area contributed by atoms with Crippen molar-refractivity contribution in [1.29, 1.82) is 0 Å². The Kier molecular flexibility index (Phi) is 9.86. The van der Waals surface area contributed by atoms with E-state index in [2.05, 4.69) is 45.9 Å². The lowest BCUT2D eigenvalue weighted by atomic mass is 10.1. The van der Waals surface area contributed by atoms with Gasteiger partial charge in [-0.05, 0) is 48.8 Å². The van der Waals surface area contributed by atoms with Crippen molar-refractivity contribution >= 4 is 17.3 Å². The Morgan fingerprint density at radius 3 is 2.77 bits per heavy atom. The van der Waals surface area contributed by atoms with Crippen LogP contribution >= 0.6 is 11.3 Å². The lowest BCUT2D eigenvalue weighted by molar-refractivity contribution is 0.145.